The molecule has 0 aliphatic heterocycles. The molecule has 0 aliphatic rings. The van der Waals surface area contributed by atoms with Crippen LogP contribution in [0.2, 0.25) is 0 Å². The molecule has 3 N–H and O–H groups in total. The van der Waals surface area contributed by atoms with E-state index in [-0.39, 0.29) is 10.6 Å². The Morgan fingerprint density at radius 2 is 1.90 bits per heavy atom. The van der Waals surface area contributed by atoms with Gasteiger partial charge in [0.05, 0.1) is 4.92 Å². The highest BCUT2D eigenvalue weighted by molar-refractivity contribution is 7.90. The van der Waals surface area contributed by atoms with E-state index in [4.69, 9.17) is 5.73 Å². The number of rotatable bonds is 7. The van der Waals surface area contributed by atoms with Crippen molar-refractivity contribution in [2.45, 2.75) is 37.1 Å². The van der Waals surface area contributed by atoms with Crippen molar-refractivity contribution in [2.24, 2.45) is 5.73 Å². The van der Waals surface area contributed by atoms with E-state index in [1.807, 2.05) is 13.8 Å². The van der Waals surface area contributed by atoms with Crippen molar-refractivity contribution >= 4 is 21.2 Å². The van der Waals surface area contributed by atoms with E-state index in [2.05, 4.69) is 5.32 Å². The van der Waals surface area contributed by atoms with Crippen molar-refractivity contribution in [3.05, 3.63) is 28.3 Å². The Kier molecular flexibility index (Phi) is 5.30. The second kappa shape index (κ2) is 6.40. The van der Waals surface area contributed by atoms with E-state index in [1.54, 1.807) is 0 Å². The standard InChI is InChI=1S/C13H21N3O4S/c1-4-13(5-2,9-14)15-10-7-6-8-11(21(3,19)20)12(10)16(17)18/h6-8,15H,4-5,9,14H2,1-3H3. The number of nitrogens with zero attached hydrogens (tertiary/aromatic N) is 1. The molecule has 8 heteroatoms. The lowest BCUT2D eigenvalue weighted by Crippen LogP contribution is -2.44. The molecule has 1 aromatic carbocycles. The van der Waals surface area contributed by atoms with E-state index >= 15 is 0 Å². The van der Waals surface area contributed by atoms with Crippen LogP contribution in [0.3, 0.4) is 0 Å². The summed E-state index contributed by atoms with van der Waals surface area (Å²) in [4.78, 5) is 10.3. The van der Waals surface area contributed by atoms with E-state index < -0.39 is 26.0 Å². The van der Waals surface area contributed by atoms with Crippen molar-refractivity contribution in [1.82, 2.24) is 0 Å². The van der Waals surface area contributed by atoms with Gasteiger partial charge in [0, 0.05) is 18.3 Å². The van der Waals surface area contributed by atoms with Crippen LogP contribution in [0.5, 0.6) is 0 Å². The number of nitro groups is 1. The molecule has 0 unspecified atom stereocenters. The molecule has 0 saturated heterocycles. The van der Waals surface area contributed by atoms with Gasteiger partial charge in [0.25, 0.3) is 0 Å². The first-order valence-electron chi connectivity index (χ1n) is 6.66. The number of nitrogens with one attached hydrogen (secondary N) is 1. The molecule has 7 nitrogen and oxygen atoms in total. The molecule has 0 fully saturated rings. The lowest BCUT2D eigenvalue weighted by molar-refractivity contribution is -0.386. The Morgan fingerprint density at radius 1 is 1.33 bits per heavy atom. The number of nitro benzene ring substituents is 1. The summed E-state index contributed by atoms with van der Waals surface area (Å²) in [6.45, 7) is 4.14. The molecule has 1 aromatic rings. The highest BCUT2D eigenvalue weighted by Crippen LogP contribution is 2.34. The number of sulfone groups is 1. The van der Waals surface area contributed by atoms with Crippen LogP contribution in [-0.4, -0.2) is 31.7 Å². The predicted molar refractivity (Wildman–Crippen MR) is 82.2 cm³/mol. The summed E-state index contributed by atoms with van der Waals surface area (Å²) in [5.74, 6) is 0. The minimum atomic E-state index is -3.69. The zero-order valence-corrected chi connectivity index (χ0v) is 13.2. The zero-order chi connectivity index (χ0) is 16.3. The number of para-hydroxylation sites is 1. The first kappa shape index (κ1) is 17.4. The minimum Gasteiger partial charge on any atom is -0.373 e. The Labute approximate surface area is 124 Å². The first-order chi connectivity index (χ1) is 9.70. The van der Waals surface area contributed by atoms with E-state index in [0.717, 1.165) is 6.26 Å². The third kappa shape index (κ3) is 3.70. The summed E-state index contributed by atoms with van der Waals surface area (Å²) in [5, 5.41) is 14.4. The van der Waals surface area contributed by atoms with Crippen LogP contribution in [0.25, 0.3) is 0 Å². The summed E-state index contributed by atoms with van der Waals surface area (Å²) in [6, 6.07) is 4.22. The average Bonchev–Trinajstić information content (AvgIpc) is 2.43. The highest BCUT2D eigenvalue weighted by Gasteiger charge is 2.31. The smallest absolute Gasteiger partial charge is 0.310 e. The van der Waals surface area contributed by atoms with E-state index in [1.165, 1.54) is 18.2 Å². The van der Waals surface area contributed by atoms with Gasteiger partial charge in [-0.2, -0.15) is 0 Å². The first-order valence-corrected chi connectivity index (χ1v) is 8.55. The maximum Gasteiger partial charge on any atom is 0.310 e. The summed E-state index contributed by atoms with van der Waals surface area (Å²) in [6.07, 6.45) is 2.29. The SMILES string of the molecule is CCC(CC)(CN)Nc1cccc(S(C)(=O)=O)c1[N+](=O)[O-]. The monoisotopic (exact) mass is 315 g/mol. The van der Waals surface area contributed by atoms with Crippen molar-refractivity contribution in [3.63, 3.8) is 0 Å². The molecule has 0 saturated carbocycles. The largest absolute Gasteiger partial charge is 0.373 e. The molecule has 0 aromatic heterocycles. The van der Waals surface area contributed by atoms with Gasteiger partial charge >= 0.3 is 5.69 Å². The molecule has 118 valence electrons. The van der Waals surface area contributed by atoms with Gasteiger partial charge in [-0.05, 0) is 25.0 Å². The van der Waals surface area contributed by atoms with Gasteiger partial charge in [-0.25, -0.2) is 8.42 Å². The van der Waals surface area contributed by atoms with Gasteiger partial charge in [0.15, 0.2) is 9.84 Å². The van der Waals surface area contributed by atoms with Gasteiger partial charge in [0.1, 0.15) is 10.6 Å². The number of benzene rings is 1. The lowest BCUT2D eigenvalue weighted by atomic mass is 9.92. The molecule has 0 atom stereocenters. The second-order valence-corrected chi connectivity index (χ2v) is 6.98. The molecule has 0 heterocycles. The van der Waals surface area contributed by atoms with Crippen LogP contribution in [0.15, 0.2) is 23.1 Å². The van der Waals surface area contributed by atoms with Crippen molar-refractivity contribution < 1.29 is 13.3 Å². The van der Waals surface area contributed by atoms with Crippen LogP contribution in [-0.2, 0) is 9.84 Å². The van der Waals surface area contributed by atoms with Gasteiger partial charge in [-0.1, -0.05) is 19.9 Å². The van der Waals surface area contributed by atoms with Gasteiger partial charge in [-0.15, -0.1) is 0 Å². The van der Waals surface area contributed by atoms with Crippen LogP contribution >= 0.6 is 0 Å². The second-order valence-electron chi connectivity index (χ2n) is 5.00. The summed E-state index contributed by atoms with van der Waals surface area (Å²) in [7, 11) is -3.69. The van der Waals surface area contributed by atoms with Crippen molar-refractivity contribution in [1.29, 1.82) is 0 Å². The topological polar surface area (TPSA) is 115 Å². The lowest BCUT2D eigenvalue weighted by Gasteiger charge is -2.32. The Hall–Kier alpha value is -1.67. The Morgan fingerprint density at radius 3 is 2.29 bits per heavy atom. The number of nitrogens with two attached hydrogens (primary N) is 1. The third-order valence-electron chi connectivity index (χ3n) is 3.73. The molecule has 0 amide bonds. The molecular formula is C13H21N3O4S. The minimum absolute atomic E-state index is 0.178. The molecule has 0 bridgehead atoms. The van der Waals surface area contributed by atoms with Crippen molar-refractivity contribution in [3.8, 4) is 0 Å². The van der Waals surface area contributed by atoms with Crippen LogP contribution in [0.4, 0.5) is 11.4 Å². The predicted octanol–water partition coefficient (Wildman–Crippen LogP) is 1.93. The molecule has 0 aliphatic carbocycles. The van der Waals surface area contributed by atoms with Gasteiger partial charge in [0.2, 0.25) is 0 Å². The quantitative estimate of drug-likeness (QED) is 0.586. The average molecular weight is 315 g/mol. The number of anilines is 1. The molecular weight excluding hydrogens is 294 g/mol. The fraction of sp³-hybridized carbons (Fsp3) is 0.538. The molecule has 1 rings (SSSR count). The van der Waals surface area contributed by atoms with Gasteiger partial charge in [-0.3, -0.25) is 10.1 Å². The number of hydrogen-bond acceptors (Lipinski definition) is 6. The van der Waals surface area contributed by atoms with E-state index in [9.17, 15) is 18.5 Å². The number of hydrogen-bond donors (Lipinski definition) is 2. The van der Waals surface area contributed by atoms with Crippen LogP contribution in [0.1, 0.15) is 26.7 Å². The highest BCUT2D eigenvalue weighted by atomic mass is 32.2. The summed E-state index contributed by atoms with van der Waals surface area (Å²) in [5.41, 5.74) is 5.02. The van der Waals surface area contributed by atoms with Crippen LogP contribution in [0, 0.1) is 10.1 Å². The third-order valence-corrected chi connectivity index (χ3v) is 4.85. The summed E-state index contributed by atoms with van der Waals surface area (Å²) >= 11 is 0. The Balaban J connectivity index is 3.48. The molecule has 21 heavy (non-hydrogen) atoms. The normalized spacial score (nSPS) is 12.2. The zero-order valence-electron chi connectivity index (χ0n) is 12.4. The van der Waals surface area contributed by atoms with Crippen molar-refractivity contribution in [2.75, 3.05) is 18.1 Å². The fourth-order valence-electron chi connectivity index (χ4n) is 2.16. The molecule has 0 radical (unpaired) electrons. The molecule has 0 spiro atoms. The van der Waals surface area contributed by atoms with Gasteiger partial charge < -0.3 is 11.1 Å². The maximum absolute atomic E-state index is 11.7. The maximum atomic E-state index is 11.7. The summed E-state index contributed by atoms with van der Waals surface area (Å²) < 4.78 is 23.5. The Bertz CT molecular complexity index is 616. The van der Waals surface area contributed by atoms with E-state index in [0.29, 0.717) is 19.4 Å². The van der Waals surface area contributed by atoms with Crippen LogP contribution < -0.4 is 11.1 Å². The fourth-order valence-corrected chi connectivity index (χ4v) is 3.02.